The molecule has 0 aromatic heterocycles. The molecule has 1 aromatic carbocycles. The van der Waals surface area contributed by atoms with Crippen LogP contribution in [-0.4, -0.2) is 35.4 Å². The molecule has 2 atom stereocenters. The van der Waals surface area contributed by atoms with Crippen molar-refractivity contribution in [2.45, 2.75) is 26.1 Å². The summed E-state index contributed by atoms with van der Waals surface area (Å²) in [6.45, 7) is 4.64. The molecular formula is C14H20N2OS. The van der Waals surface area contributed by atoms with Crippen LogP contribution in [0.1, 0.15) is 24.2 Å². The average molecular weight is 264 g/mol. The third-order valence-electron chi connectivity index (χ3n) is 3.25. The summed E-state index contributed by atoms with van der Waals surface area (Å²) in [5.41, 5.74) is 2.40. The molecule has 0 aliphatic carbocycles. The number of aryl methyl sites for hydroxylation is 1. The van der Waals surface area contributed by atoms with Crippen molar-refractivity contribution in [3.05, 3.63) is 35.4 Å². The molecule has 1 aliphatic heterocycles. The van der Waals surface area contributed by atoms with Gasteiger partial charge in [-0.05, 0) is 25.7 Å². The first-order valence-electron chi connectivity index (χ1n) is 6.23. The molecule has 0 saturated carbocycles. The van der Waals surface area contributed by atoms with Gasteiger partial charge in [0.25, 0.3) is 0 Å². The Bertz CT molecular complexity index is 436. The number of nitrogens with one attached hydrogen (secondary N) is 1. The van der Waals surface area contributed by atoms with Crippen LogP contribution in [0.15, 0.2) is 24.3 Å². The Balaban J connectivity index is 2.23. The van der Waals surface area contributed by atoms with Gasteiger partial charge in [-0.25, -0.2) is 0 Å². The first kappa shape index (κ1) is 13.4. The molecule has 18 heavy (non-hydrogen) atoms. The Labute approximate surface area is 113 Å². The van der Waals surface area contributed by atoms with Crippen LogP contribution in [0.2, 0.25) is 0 Å². The third-order valence-corrected chi connectivity index (χ3v) is 4.07. The Hall–Kier alpha value is -1.00. The Kier molecular flexibility index (Phi) is 4.30. The van der Waals surface area contributed by atoms with Crippen molar-refractivity contribution in [1.82, 2.24) is 10.2 Å². The van der Waals surface area contributed by atoms with Crippen LogP contribution in [0.25, 0.3) is 0 Å². The molecule has 1 saturated heterocycles. The van der Waals surface area contributed by atoms with Crippen molar-refractivity contribution in [2.75, 3.05) is 18.6 Å². The number of thioether (sulfide) groups is 1. The summed E-state index contributed by atoms with van der Waals surface area (Å²) in [5.74, 6) is 1.17. The van der Waals surface area contributed by atoms with E-state index >= 15 is 0 Å². The number of rotatable bonds is 4. The second-order valence-electron chi connectivity index (χ2n) is 4.80. The minimum Gasteiger partial charge on any atom is -0.318 e. The van der Waals surface area contributed by atoms with Gasteiger partial charge in [0.2, 0.25) is 5.91 Å². The number of carbonyl (C=O) groups is 1. The fourth-order valence-electron chi connectivity index (χ4n) is 2.46. The van der Waals surface area contributed by atoms with E-state index in [0.29, 0.717) is 6.54 Å². The molecular weight excluding hydrogens is 244 g/mol. The smallest absolute Gasteiger partial charge is 0.238 e. The maximum atomic E-state index is 12.0. The van der Waals surface area contributed by atoms with E-state index in [1.165, 1.54) is 11.1 Å². The molecule has 1 fully saturated rings. The van der Waals surface area contributed by atoms with Gasteiger partial charge in [-0.15, -0.1) is 0 Å². The van der Waals surface area contributed by atoms with E-state index < -0.39 is 0 Å². The van der Waals surface area contributed by atoms with E-state index in [9.17, 15) is 4.79 Å². The summed E-state index contributed by atoms with van der Waals surface area (Å²) in [4.78, 5) is 14.0. The number of hydrogen-bond donors (Lipinski definition) is 1. The molecule has 2 unspecified atom stereocenters. The molecule has 0 radical (unpaired) electrons. The van der Waals surface area contributed by atoms with E-state index in [1.54, 1.807) is 11.8 Å². The quantitative estimate of drug-likeness (QED) is 0.904. The van der Waals surface area contributed by atoms with Crippen molar-refractivity contribution < 1.29 is 4.79 Å². The second kappa shape index (κ2) is 5.76. The summed E-state index contributed by atoms with van der Waals surface area (Å²) in [6.07, 6.45) is 2.10. The fraction of sp³-hybridized carbons (Fsp3) is 0.500. The lowest BCUT2D eigenvalue weighted by molar-refractivity contribution is -0.129. The zero-order valence-corrected chi connectivity index (χ0v) is 12.0. The van der Waals surface area contributed by atoms with Gasteiger partial charge in [0.1, 0.15) is 6.17 Å². The highest BCUT2D eigenvalue weighted by atomic mass is 32.2. The van der Waals surface area contributed by atoms with Gasteiger partial charge >= 0.3 is 0 Å². The Morgan fingerprint density at radius 1 is 1.56 bits per heavy atom. The first-order valence-corrected chi connectivity index (χ1v) is 7.63. The monoisotopic (exact) mass is 264 g/mol. The number of hydrogen-bond acceptors (Lipinski definition) is 3. The molecule has 1 heterocycles. The SMILES string of the molecule is CSCC(C)N1C(=O)CNC1c1cccc(C)c1. The summed E-state index contributed by atoms with van der Waals surface area (Å²) in [7, 11) is 0. The maximum absolute atomic E-state index is 12.0. The topological polar surface area (TPSA) is 32.3 Å². The van der Waals surface area contributed by atoms with Crippen LogP contribution in [-0.2, 0) is 4.79 Å². The average Bonchev–Trinajstić information content (AvgIpc) is 2.71. The minimum absolute atomic E-state index is 0.0274. The summed E-state index contributed by atoms with van der Waals surface area (Å²) in [6, 6.07) is 8.62. The normalized spacial score (nSPS) is 21.4. The molecule has 3 nitrogen and oxygen atoms in total. The molecule has 0 bridgehead atoms. The van der Waals surface area contributed by atoms with Gasteiger partial charge in [0.05, 0.1) is 6.54 Å². The van der Waals surface area contributed by atoms with Gasteiger partial charge in [-0.3, -0.25) is 10.1 Å². The third kappa shape index (κ3) is 2.70. The fourth-order valence-corrected chi connectivity index (χ4v) is 3.10. The van der Waals surface area contributed by atoms with Gasteiger partial charge in [0, 0.05) is 11.8 Å². The number of amides is 1. The lowest BCUT2D eigenvalue weighted by Gasteiger charge is -2.30. The lowest BCUT2D eigenvalue weighted by Crippen LogP contribution is -2.39. The molecule has 1 aliphatic rings. The highest BCUT2D eigenvalue weighted by Gasteiger charge is 2.34. The first-order chi connectivity index (χ1) is 8.63. The number of benzene rings is 1. The zero-order chi connectivity index (χ0) is 13.1. The summed E-state index contributed by atoms with van der Waals surface area (Å²) in [5, 5.41) is 3.31. The van der Waals surface area contributed by atoms with Crippen LogP contribution < -0.4 is 5.32 Å². The van der Waals surface area contributed by atoms with E-state index in [4.69, 9.17) is 0 Å². The predicted molar refractivity (Wildman–Crippen MR) is 76.6 cm³/mol. The molecule has 0 spiro atoms. The van der Waals surface area contributed by atoms with Crippen LogP contribution in [0, 0.1) is 6.92 Å². The van der Waals surface area contributed by atoms with E-state index in [0.717, 1.165) is 5.75 Å². The standard InChI is InChI=1S/C14H20N2OS/c1-10-5-4-6-12(7-10)14-15-8-13(17)16(14)11(2)9-18-3/h4-7,11,14-15H,8-9H2,1-3H3. The zero-order valence-electron chi connectivity index (χ0n) is 11.1. The van der Waals surface area contributed by atoms with E-state index in [-0.39, 0.29) is 18.1 Å². The lowest BCUT2D eigenvalue weighted by atomic mass is 10.1. The largest absolute Gasteiger partial charge is 0.318 e. The summed E-state index contributed by atoms with van der Waals surface area (Å²) >= 11 is 1.78. The van der Waals surface area contributed by atoms with Crippen molar-refractivity contribution in [2.24, 2.45) is 0 Å². The number of nitrogens with zero attached hydrogens (tertiary/aromatic N) is 1. The maximum Gasteiger partial charge on any atom is 0.238 e. The Morgan fingerprint density at radius 2 is 2.33 bits per heavy atom. The Morgan fingerprint density at radius 3 is 3.00 bits per heavy atom. The summed E-state index contributed by atoms with van der Waals surface area (Å²) < 4.78 is 0. The highest BCUT2D eigenvalue weighted by Crippen LogP contribution is 2.26. The highest BCUT2D eigenvalue weighted by molar-refractivity contribution is 7.98. The minimum atomic E-state index is 0.0274. The molecule has 4 heteroatoms. The van der Waals surface area contributed by atoms with Crippen molar-refractivity contribution in [3.63, 3.8) is 0 Å². The predicted octanol–water partition coefficient (Wildman–Crippen LogP) is 2.18. The van der Waals surface area contributed by atoms with Crippen LogP contribution >= 0.6 is 11.8 Å². The van der Waals surface area contributed by atoms with Gasteiger partial charge in [-0.1, -0.05) is 29.8 Å². The van der Waals surface area contributed by atoms with Gasteiger partial charge < -0.3 is 4.90 Å². The molecule has 1 N–H and O–H groups in total. The molecule has 1 amide bonds. The number of carbonyl (C=O) groups excluding carboxylic acids is 1. The van der Waals surface area contributed by atoms with Gasteiger partial charge in [0.15, 0.2) is 0 Å². The van der Waals surface area contributed by atoms with Crippen molar-refractivity contribution in [3.8, 4) is 0 Å². The van der Waals surface area contributed by atoms with Crippen molar-refractivity contribution >= 4 is 17.7 Å². The molecule has 98 valence electrons. The van der Waals surface area contributed by atoms with Crippen LogP contribution in [0.4, 0.5) is 0 Å². The second-order valence-corrected chi connectivity index (χ2v) is 5.71. The van der Waals surface area contributed by atoms with Crippen molar-refractivity contribution in [1.29, 1.82) is 0 Å². The van der Waals surface area contributed by atoms with E-state index in [1.807, 2.05) is 11.0 Å². The van der Waals surface area contributed by atoms with Crippen LogP contribution in [0.5, 0.6) is 0 Å². The van der Waals surface area contributed by atoms with E-state index in [2.05, 4.69) is 43.6 Å². The molecule has 1 aromatic rings. The molecule has 2 rings (SSSR count). The van der Waals surface area contributed by atoms with Gasteiger partial charge in [-0.2, -0.15) is 11.8 Å². The van der Waals surface area contributed by atoms with Crippen LogP contribution in [0.3, 0.4) is 0 Å².